The average molecular weight is 310 g/mol. The molecule has 1 heterocycles. The fourth-order valence-electron chi connectivity index (χ4n) is 4.99. The summed E-state index contributed by atoms with van der Waals surface area (Å²) in [5.41, 5.74) is 0.686. The second-order valence-electron chi connectivity index (χ2n) is 8.69. The summed E-state index contributed by atoms with van der Waals surface area (Å²) < 4.78 is 6.21. The predicted molar refractivity (Wildman–Crippen MR) is 88.9 cm³/mol. The fraction of sp³-hybridized carbons (Fsp3) is 1.00. The second-order valence-corrected chi connectivity index (χ2v) is 8.69. The van der Waals surface area contributed by atoms with Crippen LogP contribution in [0.1, 0.15) is 40.0 Å². The van der Waals surface area contributed by atoms with Crippen LogP contribution in [0.25, 0.3) is 0 Å². The van der Waals surface area contributed by atoms with Gasteiger partial charge in [-0.05, 0) is 43.1 Å². The smallest absolute Gasteiger partial charge is 0.0900 e. The molecule has 1 saturated heterocycles. The minimum absolute atomic E-state index is 0.297. The van der Waals surface area contributed by atoms with E-state index in [0.29, 0.717) is 23.5 Å². The highest BCUT2D eigenvalue weighted by atomic mass is 16.5. The van der Waals surface area contributed by atoms with Gasteiger partial charge in [0.2, 0.25) is 0 Å². The van der Waals surface area contributed by atoms with Crippen molar-refractivity contribution in [1.82, 2.24) is 9.80 Å². The fourth-order valence-corrected chi connectivity index (χ4v) is 4.99. The molecule has 3 aliphatic rings. The van der Waals surface area contributed by atoms with E-state index in [0.717, 1.165) is 38.6 Å². The molecule has 4 nitrogen and oxygen atoms in total. The summed E-state index contributed by atoms with van der Waals surface area (Å²) in [6.07, 6.45) is 3.81. The molecule has 3 rings (SSSR count). The van der Waals surface area contributed by atoms with Crippen molar-refractivity contribution >= 4 is 0 Å². The zero-order chi connectivity index (χ0) is 16.0. The second kappa shape index (κ2) is 6.04. The van der Waals surface area contributed by atoms with Gasteiger partial charge in [0.1, 0.15) is 0 Å². The Bertz CT molecular complexity index is 393. The first-order valence-corrected chi connectivity index (χ1v) is 9.03. The van der Waals surface area contributed by atoms with Crippen molar-refractivity contribution in [3.05, 3.63) is 0 Å². The van der Waals surface area contributed by atoms with E-state index in [-0.39, 0.29) is 6.10 Å². The van der Waals surface area contributed by atoms with Crippen LogP contribution in [-0.2, 0) is 4.74 Å². The Kier molecular flexibility index (Phi) is 4.59. The maximum absolute atomic E-state index is 10.3. The quantitative estimate of drug-likeness (QED) is 0.840. The monoisotopic (exact) mass is 310 g/mol. The van der Waals surface area contributed by atoms with Crippen molar-refractivity contribution in [1.29, 1.82) is 0 Å². The lowest BCUT2D eigenvalue weighted by atomic mass is 9.70. The Balaban J connectivity index is 1.45. The summed E-state index contributed by atoms with van der Waals surface area (Å²) in [7, 11) is 2.16. The van der Waals surface area contributed by atoms with Gasteiger partial charge in [-0.1, -0.05) is 20.8 Å². The van der Waals surface area contributed by atoms with Gasteiger partial charge in [-0.3, -0.25) is 4.90 Å². The number of piperazine rings is 1. The van der Waals surface area contributed by atoms with Crippen molar-refractivity contribution in [2.75, 3.05) is 46.4 Å². The number of nitrogens with zero attached hydrogens (tertiary/aromatic N) is 2. The van der Waals surface area contributed by atoms with E-state index in [1.807, 2.05) is 0 Å². The predicted octanol–water partition coefficient (Wildman–Crippen LogP) is 1.83. The van der Waals surface area contributed by atoms with Crippen LogP contribution in [-0.4, -0.2) is 73.5 Å². The van der Waals surface area contributed by atoms with Gasteiger partial charge in [-0.15, -0.1) is 0 Å². The molecule has 2 saturated carbocycles. The number of rotatable bonds is 5. The summed E-state index contributed by atoms with van der Waals surface area (Å²) >= 11 is 0. The van der Waals surface area contributed by atoms with Gasteiger partial charge in [0, 0.05) is 32.7 Å². The normalized spacial score (nSPS) is 40.2. The molecule has 0 radical (unpaired) electrons. The maximum Gasteiger partial charge on any atom is 0.0900 e. The summed E-state index contributed by atoms with van der Waals surface area (Å²) in [5.74, 6) is 0.803. The van der Waals surface area contributed by atoms with Gasteiger partial charge in [0.05, 0.1) is 18.8 Å². The molecule has 2 aliphatic carbocycles. The summed E-state index contributed by atoms with van der Waals surface area (Å²) in [6, 6.07) is 0. The van der Waals surface area contributed by atoms with E-state index in [4.69, 9.17) is 4.74 Å². The maximum atomic E-state index is 10.3. The van der Waals surface area contributed by atoms with Crippen LogP contribution in [0.4, 0.5) is 0 Å². The standard InChI is InChI=1S/C18H34N2O2/c1-17(2)14-5-6-18(17,3)16(11-14)22-13-15(21)12-20-9-7-19(4)8-10-20/h14-16,21H,5-13H2,1-4H3/t14-,15+,16-,18-/m1/s1. The molecule has 0 aromatic heterocycles. The van der Waals surface area contributed by atoms with Crippen molar-refractivity contribution in [2.24, 2.45) is 16.7 Å². The summed E-state index contributed by atoms with van der Waals surface area (Å²) in [6.45, 7) is 12.8. The molecule has 4 atom stereocenters. The number of hydrogen-bond donors (Lipinski definition) is 1. The van der Waals surface area contributed by atoms with Crippen LogP contribution in [0, 0.1) is 16.7 Å². The molecule has 0 amide bonds. The van der Waals surface area contributed by atoms with Gasteiger partial charge in [-0.25, -0.2) is 0 Å². The Labute approximate surface area is 135 Å². The molecule has 22 heavy (non-hydrogen) atoms. The largest absolute Gasteiger partial charge is 0.389 e. The van der Waals surface area contributed by atoms with Crippen LogP contribution < -0.4 is 0 Å². The molecule has 0 aromatic rings. The number of aliphatic hydroxyl groups is 1. The Morgan fingerprint density at radius 1 is 1.18 bits per heavy atom. The van der Waals surface area contributed by atoms with Gasteiger partial charge in [0.25, 0.3) is 0 Å². The topological polar surface area (TPSA) is 35.9 Å². The molecule has 0 unspecified atom stereocenters. The van der Waals surface area contributed by atoms with Gasteiger partial charge in [0.15, 0.2) is 0 Å². The van der Waals surface area contributed by atoms with E-state index < -0.39 is 0 Å². The molecule has 4 heteroatoms. The molecule has 3 fully saturated rings. The SMILES string of the molecule is CN1CCN(C[C@H](O)CO[C@@H]2C[C@H]3CC[C@@]2(C)C3(C)C)CC1. The number of likely N-dealkylation sites (N-methyl/N-ethyl adjacent to an activating group) is 1. The van der Waals surface area contributed by atoms with E-state index in [2.05, 4.69) is 37.6 Å². The molecule has 0 aromatic carbocycles. The molecule has 128 valence electrons. The minimum Gasteiger partial charge on any atom is -0.389 e. The van der Waals surface area contributed by atoms with Gasteiger partial charge >= 0.3 is 0 Å². The highest BCUT2D eigenvalue weighted by molar-refractivity contribution is 5.11. The summed E-state index contributed by atoms with van der Waals surface area (Å²) in [5, 5.41) is 10.3. The first-order valence-electron chi connectivity index (χ1n) is 9.03. The molecule has 0 spiro atoms. The van der Waals surface area contributed by atoms with Crippen LogP contribution in [0.3, 0.4) is 0 Å². The number of ether oxygens (including phenoxy) is 1. The Morgan fingerprint density at radius 3 is 2.41 bits per heavy atom. The van der Waals surface area contributed by atoms with Crippen LogP contribution in [0.15, 0.2) is 0 Å². The third-order valence-electron chi connectivity index (χ3n) is 7.27. The van der Waals surface area contributed by atoms with Gasteiger partial charge < -0.3 is 14.7 Å². The van der Waals surface area contributed by atoms with E-state index in [1.165, 1.54) is 19.3 Å². The first kappa shape index (κ1) is 16.7. The highest BCUT2D eigenvalue weighted by Gasteiger charge is 2.61. The molecule has 1 N–H and O–H groups in total. The molecular formula is C18H34N2O2. The lowest BCUT2D eigenvalue weighted by Crippen LogP contribution is -2.48. The zero-order valence-electron chi connectivity index (χ0n) is 14.8. The summed E-state index contributed by atoms with van der Waals surface area (Å²) in [4.78, 5) is 4.71. The zero-order valence-corrected chi connectivity index (χ0v) is 14.8. The average Bonchev–Trinajstić information content (AvgIpc) is 2.80. The molecular weight excluding hydrogens is 276 g/mol. The lowest BCUT2D eigenvalue weighted by Gasteiger charge is -2.39. The van der Waals surface area contributed by atoms with E-state index >= 15 is 0 Å². The van der Waals surface area contributed by atoms with E-state index in [1.54, 1.807) is 0 Å². The third-order valence-corrected chi connectivity index (χ3v) is 7.27. The van der Waals surface area contributed by atoms with Crippen LogP contribution >= 0.6 is 0 Å². The Morgan fingerprint density at radius 2 is 1.86 bits per heavy atom. The number of β-amino-alcohol motifs (C(OH)–C–C–N with tert-alkyl or cyclic N) is 1. The number of fused-ring (bicyclic) bond motifs is 2. The molecule has 2 bridgehead atoms. The van der Waals surface area contributed by atoms with Crippen molar-refractivity contribution < 1.29 is 9.84 Å². The van der Waals surface area contributed by atoms with E-state index in [9.17, 15) is 5.11 Å². The van der Waals surface area contributed by atoms with Crippen molar-refractivity contribution in [2.45, 2.75) is 52.2 Å². The lowest BCUT2D eigenvalue weighted by molar-refractivity contribution is -0.0804. The highest BCUT2D eigenvalue weighted by Crippen LogP contribution is 2.66. The van der Waals surface area contributed by atoms with Crippen LogP contribution in [0.5, 0.6) is 0 Å². The first-order chi connectivity index (χ1) is 10.3. The number of hydrogen-bond acceptors (Lipinski definition) is 4. The third kappa shape index (κ3) is 2.83. The Hall–Kier alpha value is -0.160. The van der Waals surface area contributed by atoms with Crippen LogP contribution in [0.2, 0.25) is 0 Å². The van der Waals surface area contributed by atoms with Crippen molar-refractivity contribution in [3.8, 4) is 0 Å². The number of aliphatic hydroxyl groups excluding tert-OH is 1. The van der Waals surface area contributed by atoms with Gasteiger partial charge in [-0.2, -0.15) is 0 Å². The molecule has 1 aliphatic heterocycles. The van der Waals surface area contributed by atoms with Crippen molar-refractivity contribution in [3.63, 3.8) is 0 Å². The minimum atomic E-state index is -0.353.